The summed E-state index contributed by atoms with van der Waals surface area (Å²) in [7, 11) is 0. The van der Waals surface area contributed by atoms with Crippen molar-refractivity contribution < 1.29 is 58.3 Å². The molecule has 3 aliphatic heterocycles. The molecule has 0 aliphatic carbocycles. The van der Waals surface area contributed by atoms with Crippen LogP contribution in [-0.4, -0.2) is 70.3 Å². The highest BCUT2D eigenvalue weighted by molar-refractivity contribution is 6.22. The zero-order valence-corrected chi connectivity index (χ0v) is 17.2. The summed E-state index contributed by atoms with van der Waals surface area (Å²) >= 11 is 0. The topological polar surface area (TPSA) is 84.7 Å². The van der Waals surface area contributed by atoms with Crippen LogP contribution in [0.25, 0.3) is 0 Å². The minimum atomic E-state index is -6.78. The first-order valence-electron chi connectivity index (χ1n) is 9.77. The summed E-state index contributed by atoms with van der Waals surface area (Å²) in [5.41, 5.74) is -2.99. The van der Waals surface area contributed by atoms with Gasteiger partial charge in [-0.1, -0.05) is 0 Å². The number of anilines is 1. The van der Waals surface area contributed by atoms with Crippen LogP contribution in [0.1, 0.15) is 17.5 Å². The molecule has 0 radical (unpaired) electrons. The number of hydrogen-bond acceptors (Lipinski definition) is 4. The van der Waals surface area contributed by atoms with E-state index < -0.39 is 89.9 Å². The maximum absolute atomic E-state index is 14.0. The van der Waals surface area contributed by atoms with Crippen LogP contribution in [0.3, 0.4) is 0 Å². The molecule has 36 heavy (non-hydrogen) atoms. The molecule has 0 aromatic heterocycles. The van der Waals surface area contributed by atoms with Gasteiger partial charge in [0, 0.05) is 6.54 Å². The summed E-state index contributed by atoms with van der Waals surface area (Å²) in [5.74, 6) is -17.2. The number of nitriles is 1. The number of amides is 4. The van der Waals surface area contributed by atoms with E-state index in [1.807, 2.05) is 0 Å². The van der Waals surface area contributed by atoms with Crippen LogP contribution < -0.4 is 4.90 Å². The number of piperazine rings is 1. The second-order valence-electron chi connectivity index (χ2n) is 8.21. The van der Waals surface area contributed by atoms with Crippen LogP contribution in [0.2, 0.25) is 0 Å². The van der Waals surface area contributed by atoms with Gasteiger partial charge in [-0.05, 0) is 24.6 Å². The maximum atomic E-state index is 14.0. The molecule has 194 valence electrons. The average Bonchev–Trinajstić information content (AvgIpc) is 3.42. The SMILES string of the molecule is N#Cc1ccc(N2C(=O)[C@@H]3[C@@H]4C[C@@H](CN4C(=O)C(F)(F)C(F)(F)C(F)(F)F)N3C2=O)cc1C(F)(F)F. The van der Waals surface area contributed by atoms with Crippen molar-refractivity contribution in [2.24, 2.45) is 0 Å². The first kappa shape index (κ1) is 25.5. The zero-order valence-electron chi connectivity index (χ0n) is 17.2. The molecule has 3 aliphatic rings. The highest BCUT2D eigenvalue weighted by Gasteiger charge is 2.78. The Hall–Kier alpha value is -3.58. The molecule has 4 rings (SSSR count). The number of likely N-dealkylation sites (tertiary alicyclic amines) is 1. The standard InChI is InChI=1S/C19H10F10N4O3/c20-16(21,18(25,26)19(27,28)29)14(35)31-6-9-4-11(31)12-13(34)33(15(36)32(9)12)8-2-1-7(5-30)10(3-8)17(22,23)24/h1-3,9,11-12H,4,6H2/t9-,11-,12-/m0/s1. The van der Waals surface area contributed by atoms with Crippen LogP contribution in [0.15, 0.2) is 18.2 Å². The fourth-order valence-electron chi connectivity index (χ4n) is 4.62. The number of hydrogen-bond donors (Lipinski definition) is 0. The predicted octanol–water partition coefficient (Wildman–Crippen LogP) is 3.53. The smallest absolute Gasteiger partial charge is 0.330 e. The molecule has 1 aromatic rings. The Morgan fingerprint density at radius 1 is 1.00 bits per heavy atom. The third kappa shape index (κ3) is 3.29. The number of fused-ring (bicyclic) bond motifs is 5. The van der Waals surface area contributed by atoms with Gasteiger partial charge in [-0.15, -0.1) is 0 Å². The molecule has 0 saturated carbocycles. The van der Waals surface area contributed by atoms with Gasteiger partial charge in [0.05, 0.1) is 35.0 Å². The zero-order chi connectivity index (χ0) is 27.2. The van der Waals surface area contributed by atoms with Crippen LogP contribution in [0, 0.1) is 11.3 Å². The molecule has 3 fully saturated rings. The number of rotatable bonds is 3. The molecule has 3 heterocycles. The van der Waals surface area contributed by atoms with E-state index in [4.69, 9.17) is 5.26 Å². The van der Waals surface area contributed by atoms with Crippen molar-refractivity contribution >= 4 is 23.5 Å². The minimum Gasteiger partial charge on any atom is -0.330 e. The summed E-state index contributed by atoms with van der Waals surface area (Å²) < 4.78 is 132. The van der Waals surface area contributed by atoms with Crippen LogP contribution in [0.4, 0.5) is 54.4 Å². The average molecular weight is 532 g/mol. The van der Waals surface area contributed by atoms with Gasteiger partial charge in [0.15, 0.2) is 0 Å². The Balaban J connectivity index is 1.66. The number of imide groups is 1. The van der Waals surface area contributed by atoms with E-state index in [9.17, 15) is 58.3 Å². The lowest BCUT2D eigenvalue weighted by molar-refractivity contribution is -0.346. The van der Waals surface area contributed by atoms with E-state index in [1.165, 1.54) is 6.07 Å². The molecule has 2 bridgehead atoms. The monoisotopic (exact) mass is 532 g/mol. The molecule has 0 N–H and O–H groups in total. The number of nitrogens with zero attached hydrogens (tertiary/aromatic N) is 4. The van der Waals surface area contributed by atoms with Gasteiger partial charge in [0.1, 0.15) is 6.04 Å². The van der Waals surface area contributed by atoms with Crippen molar-refractivity contribution in [2.75, 3.05) is 11.4 Å². The summed E-state index contributed by atoms with van der Waals surface area (Å²) in [6.07, 6.45) is -12.3. The van der Waals surface area contributed by atoms with E-state index >= 15 is 0 Å². The second kappa shape index (κ2) is 7.46. The van der Waals surface area contributed by atoms with E-state index in [2.05, 4.69) is 0 Å². The number of alkyl halides is 10. The number of urea groups is 1. The molecule has 0 spiro atoms. The fraction of sp³-hybridized carbons (Fsp3) is 0.474. The van der Waals surface area contributed by atoms with Crippen molar-refractivity contribution in [3.8, 4) is 6.07 Å². The Morgan fingerprint density at radius 3 is 2.14 bits per heavy atom. The Labute approximate surface area is 193 Å². The lowest BCUT2D eigenvalue weighted by Crippen LogP contribution is -2.64. The lowest BCUT2D eigenvalue weighted by Gasteiger charge is -2.38. The van der Waals surface area contributed by atoms with Gasteiger partial charge in [-0.3, -0.25) is 9.59 Å². The Bertz CT molecular complexity index is 1210. The summed E-state index contributed by atoms with van der Waals surface area (Å²) in [6, 6.07) is -2.88. The van der Waals surface area contributed by atoms with Crippen LogP contribution in [0.5, 0.6) is 0 Å². The van der Waals surface area contributed by atoms with Gasteiger partial charge in [0.2, 0.25) is 0 Å². The normalized spacial score (nSPS) is 24.5. The van der Waals surface area contributed by atoms with Gasteiger partial charge in [0.25, 0.3) is 11.8 Å². The molecule has 3 atom stereocenters. The van der Waals surface area contributed by atoms with Crippen LogP contribution in [-0.2, 0) is 15.8 Å². The Morgan fingerprint density at radius 2 is 1.61 bits per heavy atom. The number of benzene rings is 1. The van der Waals surface area contributed by atoms with E-state index in [0.717, 1.165) is 11.0 Å². The molecule has 17 heteroatoms. The second-order valence-corrected chi connectivity index (χ2v) is 8.21. The van der Waals surface area contributed by atoms with Gasteiger partial charge in [-0.25, -0.2) is 9.69 Å². The van der Waals surface area contributed by atoms with Gasteiger partial charge < -0.3 is 9.80 Å². The van der Waals surface area contributed by atoms with Crippen molar-refractivity contribution in [1.82, 2.24) is 9.80 Å². The largest absolute Gasteiger partial charge is 0.460 e. The minimum absolute atomic E-state index is 0.0416. The molecule has 3 saturated heterocycles. The first-order chi connectivity index (χ1) is 16.4. The summed E-state index contributed by atoms with van der Waals surface area (Å²) in [5, 5.41) is 8.88. The van der Waals surface area contributed by atoms with E-state index in [-0.39, 0.29) is 9.80 Å². The summed E-state index contributed by atoms with van der Waals surface area (Å²) in [4.78, 5) is 38.8. The highest BCUT2D eigenvalue weighted by Crippen LogP contribution is 2.50. The number of halogens is 10. The van der Waals surface area contributed by atoms with Crippen molar-refractivity contribution in [3.05, 3.63) is 29.3 Å². The van der Waals surface area contributed by atoms with Crippen molar-refractivity contribution in [2.45, 2.75) is 48.7 Å². The van der Waals surface area contributed by atoms with Crippen molar-refractivity contribution in [3.63, 3.8) is 0 Å². The predicted molar refractivity (Wildman–Crippen MR) is 94.5 cm³/mol. The number of carbonyl (C=O) groups excluding carboxylic acids is 3. The van der Waals surface area contributed by atoms with Crippen molar-refractivity contribution in [1.29, 1.82) is 5.26 Å². The molecule has 4 amide bonds. The van der Waals surface area contributed by atoms with E-state index in [0.29, 0.717) is 12.1 Å². The molecule has 1 aromatic carbocycles. The highest BCUT2D eigenvalue weighted by atomic mass is 19.4. The third-order valence-corrected chi connectivity index (χ3v) is 6.23. The summed E-state index contributed by atoms with van der Waals surface area (Å²) in [6.45, 7) is -0.905. The third-order valence-electron chi connectivity index (χ3n) is 6.23. The number of carbonyl (C=O) groups is 3. The molecule has 7 nitrogen and oxygen atoms in total. The molecular weight excluding hydrogens is 522 g/mol. The lowest BCUT2D eigenvalue weighted by atomic mass is 10.0. The van der Waals surface area contributed by atoms with Gasteiger partial charge >= 0.3 is 30.2 Å². The molecule has 0 unspecified atom stereocenters. The van der Waals surface area contributed by atoms with E-state index in [1.54, 1.807) is 0 Å². The fourth-order valence-corrected chi connectivity index (χ4v) is 4.62. The van der Waals surface area contributed by atoms with Crippen LogP contribution >= 0.6 is 0 Å². The first-order valence-corrected chi connectivity index (χ1v) is 9.77. The Kier molecular flexibility index (Phi) is 5.29. The maximum Gasteiger partial charge on any atom is 0.460 e. The van der Waals surface area contributed by atoms with Gasteiger partial charge in [-0.2, -0.15) is 49.2 Å². The molecular formula is C19H10F10N4O3. The quantitative estimate of drug-likeness (QED) is 0.441.